The van der Waals surface area contributed by atoms with Crippen molar-refractivity contribution in [1.82, 2.24) is 5.32 Å². The van der Waals surface area contributed by atoms with E-state index in [9.17, 15) is 21.6 Å². The van der Waals surface area contributed by atoms with Gasteiger partial charge in [0.2, 0.25) is 5.91 Å². The molecular formula is C26H30N2O5S2. The summed E-state index contributed by atoms with van der Waals surface area (Å²) in [5.74, 6) is -0.471. The smallest absolute Gasteiger partial charge is 0.264 e. The van der Waals surface area contributed by atoms with E-state index in [2.05, 4.69) is 5.32 Å². The molecule has 186 valence electrons. The maximum absolute atomic E-state index is 13.5. The summed E-state index contributed by atoms with van der Waals surface area (Å²) in [6.45, 7) is 5.30. The molecule has 3 aromatic carbocycles. The van der Waals surface area contributed by atoms with E-state index in [-0.39, 0.29) is 9.79 Å². The van der Waals surface area contributed by atoms with Crippen LogP contribution in [0.2, 0.25) is 0 Å². The number of anilines is 1. The average molecular weight is 515 g/mol. The van der Waals surface area contributed by atoms with Crippen LogP contribution in [0.5, 0.6) is 0 Å². The van der Waals surface area contributed by atoms with Crippen molar-refractivity contribution in [2.75, 3.05) is 17.1 Å². The molecule has 1 atom stereocenters. The molecule has 0 heterocycles. The second kappa shape index (κ2) is 10.6. The largest absolute Gasteiger partial charge is 0.348 e. The van der Waals surface area contributed by atoms with E-state index in [1.165, 1.54) is 24.3 Å². The van der Waals surface area contributed by atoms with E-state index in [0.29, 0.717) is 12.1 Å². The lowest BCUT2D eigenvalue weighted by molar-refractivity contribution is -0.120. The minimum atomic E-state index is -4.00. The zero-order valence-corrected chi connectivity index (χ0v) is 21.9. The molecule has 3 rings (SSSR count). The zero-order valence-electron chi connectivity index (χ0n) is 20.2. The molecule has 1 amide bonds. The quantitative estimate of drug-likeness (QED) is 0.462. The maximum atomic E-state index is 13.5. The molecule has 0 aliphatic rings. The van der Waals surface area contributed by atoms with Crippen molar-refractivity contribution in [1.29, 1.82) is 0 Å². The molecule has 0 bridgehead atoms. The number of sulfonamides is 1. The van der Waals surface area contributed by atoms with E-state index < -0.39 is 38.4 Å². The molecule has 0 radical (unpaired) electrons. The molecule has 0 aliphatic carbocycles. The molecule has 1 unspecified atom stereocenters. The van der Waals surface area contributed by atoms with Gasteiger partial charge in [-0.1, -0.05) is 43.3 Å². The summed E-state index contributed by atoms with van der Waals surface area (Å²) >= 11 is 0. The zero-order chi connectivity index (χ0) is 25.8. The third-order valence-corrected chi connectivity index (χ3v) is 8.77. The number of aryl methyl sites for hydroxylation is 2. The number of sulfone groups is 1. The van der Waals surface area contributed by atoms with Crippen LogP contribution in [0.3, 0.4) is 0 Å². The van der Waals surface area contributed by atoms with Crippen molar-refractivity contribution in [3.05, 3.63) is 89.5 Å². The van der Waals surface area contributed by atoms with Crippen LogP contribution in [0.4, 0.5) is 5.69 Å². The third kappa shape index (κ3) is 6.29. The number of hydrogen-bond donors (Lipinski definition) is 1. The van der Waals surface area contributed by atoms with Crippen LogP contribution in [0, 0.1) is 13.8 Å². The topological polar surface area (TPSA) is 101 Å². The van der Waals surface area contributed by atoms with Gasteiger partial charge in [-0.15, -0.1) is 0 Å². The Bertz CT molecular complexity index is 1400. The molecule has 1 N–H and O–H groups in total. The number of nitrogens with one attached hydrogen (secondary N) is 1. The Kier molecular flexibility index (Phi) is 8.02. The van der Waals surface area contributed by atoms with Crippen LogP contribution in [0.25, 0.3) is 0 Å². The van der Waals surface area contributed by atoms with Gasteiger partial charge in [0.25, 0.3) is 10.0 Å². The molecule has 0 saturated heterocycles. The second-order valence-corrected chi connectivity index (χ2v) is 12.3. The molecule has 35 heavy (non-hydrogen) atoms. The lowest BCUT2D eigenvalue weighted by atomic mass is 10.0. The van der Waals surface area contributed by atoms with Gasteiger partial charge in [0.05, 0.1) is 21.5 Å². The number of nitrogens with zero attached hydrogens (tertiary/aromatic N) is 1. The van der Waals surface area contributed by atoms with Crippen molar-refractivity contribution in [3.63, 3.8) is 0 Å². The normalized spacial score (nSPS) is 12.7. The highest BCUT2D eigenvalue weighted by molar-refractivity contribution is 7.93. The highest BCUT2D eigenvalue weighted by atomic mass is 32.2. The van der Waals surface area contributed by atoms with Gasteiger partial charge in [-0.25, -0.2) is 16.8 Å². The molecule has 0 spiro atoms. The lowest BCUT2D eigenvalue weighted by Gasteiger charge is -2.26. The standard InChI is InChI=1S/C26H30N2O5S2/c1-5-25(21-12-15-23(16-13-21)34(4,30)31)27-26(29)18-28(22-14-11-19(2)20(3)17-22)35(32,33)24-9-7-6-8-10-24/h6-17,25H,5,18H2,1-4H3,(H,27,29). The fourth-order valence-corrected chi connectivity index (χ4v) is 5.72. The van der Waals surface area contributed by atoms with Gasteiger partial charge in [-0.3, -0.25) is 9.10 Å². The summed E-state index contributed by atoms with van der Waals surface area (Å²) < 4.78 is 51.6. The van der Waals surface area contributed by atoms with Gasteiger partial charge in [0.15, 0.2) is 9.84 Å². The predicted molar refractivity (Wildman–Crippen MR) is 138 cm³/mol. The number of benzene rings is 3. The molecule has 3 aromatic rings. The number of rotatable bonds is 9. The van der Waals surface area contributed by atoms with Gasteiger partial charge >= 0.3 is 0 Å². The van der Waals surface area contributed by atoms with Gasteiger partial charge in [0, 0.05) is 6.26 Å². The molecule has 0 fully saturated rings. The van der Waals surface area contributed by atoms with E-state index in [4.69, 9.17) is 0 Å². The SMILES string of the molecule is CCC(NC(=O)CN(c1ccc(C)c(C)c1)S(=O)(=O)c1ccccc1)c1ccc(S(C)(=O)=O)cc1. The fraction of sp³-hybridized carbons (Fsp3) is 0.269. The monoisotopic (exact) mass is 514 g/mol. The highest BCUT2D eigenvalue weighted by Crippen LogP contribution is 2.26. The molecule has 9 heteroatoms. The van der Waals surface area contributed by atoms with Gasteiger partial charge in [-0.2, -0.15) is 0 Å². The molecule has 7 nitrogen and oxygen atoms in total. The van der Waals surface area contributed by atoms with E-state index in [1.54, 1.807) is 42.5 Å². The van der Waals surface area contributed by atoms with Gasteiger partial charge < -0.3 is 5.32 Å². The highest BCUT2D eigenvalue weighted by Gasteiger charge is 2.28. The Balaban J connectivity index is 1.90. The summed E-state index contributed by atoms with van der Waals surface area (Å²) in [6.07, 6.45) is 1.68. The molecule has 0 aliphatic heterocycles. The summed E-state index contributed by atoms with van der Waals surface area (Å²) in [4.78, 5) is 13.4. The predicted octanol–water partition coefficient (Wildman–Crippen LogP) is 4.17. The van der Waals surface area contributed by atoms with Crippen molar-refractivity contribution in [3.8, 4) is 0 Å². The van der Waals surface area contributed by atoms with E-state index >= 15 is 0 Å². The second-order valence-electron chi connectivity index (χ2n) is 8.46. The van der Waals surface area contributed by atoms with E-state index in [1.807, 2.05) is 26.8 Å². The first-order chi connectivity index (χ1) is 16.4. The third-order valence-electron chi connectivity index (χ3n) is 5.85. The molecule has 0 saturated carbocycles. The number of hydrogen-bond acceptors (Lipinski definition) is 5. The summed E-state index contributed by atoms with van der Waals surface area (Å²) in [5, 5.41) is 2.90. The van der Waals surface area contributed by atoms with Crippen molar-refractivity contribution in [2.24, 2.45) is 0 Å². The maximum Gasteiger partial charge on any atom is 0.264 e. The summed E-state index contributed by atoms with van der Waals surface area (Å²) in [6, 6.07) is 19.2. The Labute approximate surface area is 207 Å². The number of carbonyl (C=O) groups is 1. The summed E-state index contributed by atoms with van der Waals surface area (Å²) in [5.41, 5.74) is 3.06. The van der Waals surface area contributed by atoms with Crippen LogP contribution in [0.1, 0.15) is 36.1 Å². The molecular weight excluding hydrogens is 484 g/mol. The van der Waals surface area contributed by atoms with Crippen LogP contribution in [0.15, 0.2) is 82.6 Å². The lowest BCUT2D eigenvalue weighted by Crippen LogP contribution is -2.42. The van der Waals surface area contributed by atoms with Crippen molar-refractivity contribution >= 4 is 31.5 Å². The van der Waals surface area contributed by atoms with E-state index in [0.717, 1.165) is 27.3 Å². The van der Waals surface area contributed by atoms with Gasteiger partial charge in [0.1, 0.15) is 6.54 Å². The number of amides is 1. The van der Waals surface area contributed by atoms with Crippen molar-refractivity contribution < 1.29 is 21.6 Å². The van der Waals surface area contributed by atoms with Crippen LogP contribution in [-0.2, 0) is 24.7 Å². The Morgan fingerprint density at radius 3 is 2.03 bits per heavy atom. The van der Waals surface area contributed by atoms with Crippen LogP contribution in [-0.4, -0.2) is 35.5 Å². The molecule has 0 aromatic heterocycles. The first-order valence-corrected chi connectivity index (χ1v) is 14.5. The minimum absolute atomic E-state index is 0.0921. The first-order valence-electron chi connectivity index (χ1n) is 11.2. The number of carbonyl (C=O) groups excluding carboxylic acids is 1. The van der Waals surface area contributed by atoms with Crippen LogP contribution < -0.4 is 9.62 Å². The van der Waals surface area contributed by atoms with Gasteiger partial charge in [-0.05, 0) is 73.4 Å². The Hall–Kier alpha value is -3.17. The fourth-order valence-electron chi connectivity index (χ4n) is 3.65. The minimum Gasteiger partial charge on any atom is -0.348 e. The Morgan fingerprint density at radius 1 is 0.857 bits per heavy atom. The average Bonchev–Trinajstić information content (AvgIpc) is 2.83. The first kappa shape index (κ1) is 26.4. The summed E-state index contributed by atoms with van der Waals surface area (Å²) in [7, 11) is -7.33. The Morgan fingerprint density at radius 2 is 1.49 bits per heavy atom. The van der Waals surface area contributed by atoms with Crippen molar-refractivity contribution in [2.45, 2.75) is 43.0 Å². The van der Waals surface area contributed by atoms with Crippen LogP contribution >= 0.6 is 0 Å².